The molecule has 0 unspecified atom stereocenters. The third kappa shape index (κ3) is 3.16. The maximum absolute atomic E-state index is 11.1. The van der Waals surface area contributed by atoms with Crippen LogP contribution >= 0.6 is 0 Å². The molecule has 4 nitrogen and oxygen atoms in total. The van der Waals surface area contributed by atoms with E-state index in [1.165, 1.54) is 6.92 Å². The number of ketones is 1. The van der Waals surface area contributed by atoms with Gasteiger partial charge in [0.05, 0.1) is 19.2 Å². The number of methoxy groups -OCH3 is 1. The Balaban J connectivity index is 2.46. The molecule has 98 valence electrons. The molecule has 2 rings (SSSR count). The molecular weight excluding hydrogens is 240 g/mol. The van der Waals surface area contributed by atoms with Gasteiger partial charge in [-0.1, -0.05) is 11.6 Å². The van der Waals surface area contributed by atoms with Crippen LogP contribution in [0.4, 0.5) is 0 Å². The molecule has 0 amide bonds. The summed E-state index contributed by atoms with van der Waals surface area (Å²) in [6.07, 6.45) is 1.92. The Morgan fingerprint density at radius 3 is 2.79 bits per heavy atom. The van der Waals surface area contributed by atoms with Crippen molar-refractivity contribution in [3.05, 3.63) is 41.9 Å². The predicted molar refractivity (Wildman–Crippen MR) is 73.1 cm³/mol. The fourth-order valence-corrected chi connectivity index (χ4v) is 1.88. The van der Waals surface area contributed by atoms with Crippen LogP contribution in [0.5, 0.6) is 5.75 Å². The van der Waals surface area contributed by atoms with Crippen LogP contribution in [0.2, 0.25) is 0 Å². The van der Waals surface area contributed by atoms with Crippen LogP contribution in [0.3, 0.4) is 0 Å². The molecule has 19 heavy (non-hydrogen) atoms. The van der Waals surface area contributed by atoms with E-state index in [9.17, 15) is 4.79 Å². The Morgan fingerprint density at radius 1 is 1.32 bits per heavy atom. The maximum atomic E-state index is 11.1. The van der Waals surface area contributed by atoms with Crippen molar-refractivity contribution in [2.24, 2.45) is 0 Å². The Hall–Kier alpha value is -2.23. The number of carbonyl (C=O) groups excluding carboxylic acids is 1. The molecule has 0 radical (unpaired) electrons. The Bertz CT molecular complexity index is 609. The lowest BCUT2D eigenvalue weighted by Gasteiger charge is -2.09. The molecule has 0 fully saturated rings. The van der Waals surface area contributed by atoms with Gasteiger partial charge in [-0.3, -0.25) is 4.79 Å². The number of benzene rings is 1. The maximum Gasteiger partial charge on any atom is 0.137 e. The van der Waals surface area contributed by atoms with E-state index in [4.69, 9.17) is 4.74 Å². The van der Waals surface area contributed by atoms with E-state index in [0.29, 0.717) is 5.82 Å². The van der Waals surface area contributed by atoms with Crippen molar-refractivity contribution in [2.45, 2.75) is 20.3 Å². The zero-order valence-electron chi connectivity index (χ0n) is 11.3. The SMILES string of the molecule is COc1ccc(C)cc1-c1ccnc(CC(C)=O)n1. The molecular formula is C15H16N2O2. The fourth-order valence-electron chi connectivity index (χ4n) is 1.88. The average Bonchev–Trinajstić information content (AvgIpc) is 2.38. The number of Topliss-reactive ketones (excluding diaryl/α,β-unsaturated/α-hetero) is 1. The van der Waals surface area contributed by atoms with Crippen LogP contribution in [0, 0.1) is 6.92 Å². The summed E-state index contributed by atoms with van der Waals surface area (Å²) >= 11 is 0. The fraction of sp³-hybridized carbons (Fsp3) is 0.267. The molecule has 0 saturated heterocycles. The van der Waals surface area contributed by atoms with Crippen molar-refractivity contribution in [2.75, 3.05) is 7.11 Å². The van der Waals surface area contributed by atoms with E-state index in [0.717, 1.165) is 22.6 Å². The second-order valence-electron chi connectivity index (χ2n) is 4.44. The summed E-state index contributed by atoms with van der Waals surface area (Å²) < 4.78 is 5.35. The molecule has 0 N–H and O–H groups in total. The Labute approximate surface area is 112 Å². The lowest BCUT2D eigenvalue weighted by atomic mass is 10.1. The zero-order chi connectivity index (χ0) is 13.8. The highest BCUT2D eigenvalue weighted by Crippen LogP contribution is 2.29. The summed E-state index contributed by atoms with van der Waals surface area (Å²) in [4.78, 5) is 19.7. The molecule has 0 aliphatic heterocycles. The molecule has 1 aromatic heterocycles. The summed E-state index contributed by atoms with van der Waals surface area (Å²) in [6, 6.07) is 7.73. The molecule has 4 heteroatoms. The number of hydrogen-bond acceptors (Lipinski definition) is 4. The minimum Gasteiger partial charge on any atom is -0.496 e. The van der Waals surface area contributed by atoms with Gasteiger partial charge in [0.25, 0.3) is 0 Å². The van der Waals surface area contributed by atoms with Gasteiger partial charge in [-0.05, 0) is 32.0 Å². The van der Waals surface area contributed by atoms with Crippen LogP contribution in [0.1, 0.15) is 18.3 Å². The number of hydrogen-bond donors (Lipinski definition) is 0. The Kier molecular flexibility index (Phi) is 3.90. The second-order valence-corrected chi connectivity index (χ2v) is 4.44. The first-order chi connectivity index (χ1) is 9.10. The van der Waals surface area contributed by atoms with Crippen molar-refractivity contribution >= 4 is 5.78 Å². The number of aromatic nitrogens is 2. The first-order valence-corrected chi connectivity index (χ1v) is 6.06. The van der Waals surface area contributed by atoms with E-state index in [-0.39, 0.29) is 12.2 Å². The van der Waals surface area contributed by atoms with Crippen molar-refractivity contribution < 1.29 is 9.53 Å². The summed E-state index contributed by atoms with van der Waals surface area (Å²) in [5.74, 6) is 1.35. The van der Waals surface area contributed by atoms with E-state index in [1.807, 2.05) is 31.2 Å². The lowest BCUT2D eigenvalue weighted by Crippen LogP contribution is -2.03. The zero-order valence-corrected chi connectivity index (χ0v) is 11.3. The summed E-state index contributed by atoms with van der Waals surface area (Å²) in [6.45, 7) is 3.55. The minimum absolute atomic E-state index is 0.0494. The molecule has 0 bridgehead atoms. The lowest BCUT2D eigenvalue weighted by molar-refractivity contribution is -0.116. The van der Waals surface area contributed by atoms with Gasteiger partial charge in [0.2, 0.25) is 0 Å². The van der Waals surface area contributed by atoms with Gasteiger partial charge >= 0.3 is 0 Å². The topological polar surface area (TPSA) is 52.1 Å². The van der Waals surface area contributed by atoms with Gasteiger partial charge in [0, 0.05) is 11.8 Å². The smallest absolute Gasteiger partial charge is 0.137 e. The van der Waals surface area contributed by atoms with Crippen molar-refractivity contribution in [1.29, 1.82) is 0 Å². The highest BCUT2D eigenvalue weighted by molar-refractivity contribution is 5.77. The van der Waals surface area contributed by atoms with Crippen LogP contribution < -0.4 is 4.74 Å². The summed E-state index contributed by atoms with van der Waals surface area (Å²) in [7, 11) is 1.63. The van der Waals surface area contributed by atoms with E-state index < -0.39 is 0 Å². The van der Waals surface area contributed by atoms with Gasteiger partial charge in [0.15, 0.2) is 0 Å². The summed E-state index contributed by atoms with van der Waals surface area (Å²) in [5, 5.41) is 0. The number of aryl methyl sites for hydroxylation is 1. The molecule has 2 aromatic rings. The second kappa shape index (κ2) is 5.61. The van der Waals surface area contributed by atoms with Gasteiger partial charge in [0.1, 0.15) is 17.4 Å². The Morgan fingerprint density at radius 2 is 2.11 bits per heavy atom. The van der Waals surface area contributed by atoms with Crippen molar-refractivity contribution in [3.8, 4) is 17.0 Å². The van der Waals surface area contributed by atoms with E-state index >= 15 is 0 Å². The molecule has 1 heterocycles. The number of carbonyl (C=O) groups is 1. The normalized spacial score (nSPS) is 10.3. The van der Waals surface area contributed by atoms with Crippen LogP contribution in [-0.4, -0.2) is 22.9 Å². The highest BCUT2D eigenvalue weighted by Gasteiger charge is 2.09. The number of ether oxygens (including phenoxy) is 1. The van der Waals surface area contributed by atoms with E-state index in [1.54, 1.807) is 13.3 Å². The minimum atomic E-state index is 0.0494. The largest absolute Gasteiger partial charge is 0.496 e. The van der Waals surface area contributed by atoms with Crippen LogP contribution in [0.15, 0.2) is 30.5 Å². The van der Waals surface area contributed by atoms with Gasteiger partial charge < -0.3 is 4.74 Å². The summed E-state index contributed by atoms with van der Waals surface area (Å²) in [5.41, 5.74) is 2.81. The average molecular weight is 256 g/mol. The number of nitrogens with zero attached hydrogens (tertiary/aromatic N) is 2. The van der Waals surface area contributed by atoms with Crippen LogP contribution in [-0.2, 0) is 11.2 Å². The third-order valence-corrected chi connectivity index (χ3v) is 2.74. The molecule has 0 atom stereocenters. The van der Waals surface area contributed by atoms with Gasteiger partial charge in [-0.25, -0.2) is 9.97 Å². The first kappa shape index (κ1) is 13.2. The monoisotopic (exact) mass is 256 g/mol. The first-order valence-electron chi connectivity index (χ1n) is 6.06. The molecule has 0 saturated carbocycles. The third-order valence-electron chi connectivity index (χ3n) is 2.74. The number of rotatable bonds is 4. The standard InChI is InChI=1S/C15H16N2O2/c1-10-4-5-14(19-3)12(8-10)13-6-7-16-15(17-13)9-11(2)18/h4-8H,9H2,1-3H3. The van der Waals surface area contributed by atoms with Crippen molar-refractivity contribution in [3.63, 3.8) is 0 Å². The van der Waals surface area contributed by atoms with Crippen molar-refractivity contribution in [1.82, 2.24) is 9.97 Å². The molecule has 1 aromatic carbocycles. The van der Waals surface area contributed by atoms with Gasteiger partial charge in [-0.15, -0.1) is 0 Å². The molecule has 0 spiro atoms. The van der Waals surface area contributed by atoms with E-state index in [2.05, 4.69) is 9.97 Å². The van der Waals surface area contributed by atoms with Gasteiger partial charge in [-0.2, -0.15) is 0 Å². The molecule has 0 aliphatic rings. The predicted octanol–water partition coefficient (Wildman–Crippen LogP) is 2.59. The van der Waals surface area contributed by atoms with Crippen LogP contribution in [0.25, 0.3) is 11.3 Å². The quantitative estimate of drug-likeness (QED) is 0.843. The highest BCUT2D eigenvalue weighted by atomic mass is 16.5. The molecule has 0 aliphatic carbocycles.